The summed E-state index contributed by atoms with van der Waals surface area (Å²) in [7, 11) is 0.355. The number of allylic oxidation sites excluding steroid dienone is 26. The Bertz CT molecular complexity index is 3210. The lowest BCUT2D eigenvalue weighted by Gasteiger charge is -2.24. The van der Waals surface area contributed by atoms with Crippen LogP contribution >= 0.6 is 28.1 Å². The van der Waals surface area contributed by atoms with Gasteiger partial charge in [0.1, 0.15) is 40.4 Å². The summed E-state index contributed by atoms with van der Waals surface area (Å²) in [5, 5.41) is 9.99. The number of carbonyl (C=O) groups excluding carboxylic acids is 4. The highest BCUT2D eigenvalue weighted by Gasteiger charge is 2.11. The van der Waals surface area contributed by atoms with Gasteiger partial charge in [-0.05, 0) is 244 Å². The fraction of sp³-hybridized carbons (Fsp3) is 0.677. The number of hydrogen-bond acceptors (Lipinski definition) is 20. The van der Waals surface area contributed by atoms with Crippen molar-refractivity contribution < 1.29 is 79.2 Å². The summed E-state index contributed by atoms with van der Waals surface area (Å²) in [6.07, 6.45) is 77.2. The van der Waals surface area contributed by atoms with E-state index in [1.54, 1.807) is 0 Å². The Morgan fingerprint density at radius 2 is 0.587 bits per heavy atom. The molecule has 0 bridgehead atoms. The Labute approximate surface area is 752 Å². The van der Waals surface area contributed by atoms with Crippen LogP contribution in [0.1, 0.15) is 361 Å². The summed E-state index contributed by atoms with van der Waals surface area (Å²) in [5.74, 6) is -0.658. The van der Waals surface area contributed by atoms with Crippen molar-refractivity contribution in [2.75, 3.05) is 55.4 Å². The molecule has 702 valence electrons. The van der Waals surface area contributed by atoms with Gasteiger partial charge >= 0.3 is 0 Å². The molecule has 4 unspecified atom stereocenters. The number of carbonyl (C=O) groups is 4. The first kappa shape index (κ1) is 126. The van der Waals surface area contributed by atoms with Gasteiger partial charge in [0, 0.05) is 54.1 Å². The van der Waals surface area contributed by atoms with Crippen molar-refractivity contribution in [2.45, 2.75) is 361 Å². The lowest BCUT2D eigenvalue weighted by Crippen LogP contribution is -2.26. The van der Waals surface area contributed by atoms with E-state index in [1.807, 2.05) is 13.8 Å². The molecular weight excluding hydrogens is 1670 g/mol. The normalized spacial score (nSPS) is 14.5. The molecule has 0 aromatic carbocycles. The molecule has 28 heteroatoms. The van der Waals surface area contributed by atoms with Crippen LogP contribution in [0.15, 0.2) is 153 Å². The SMILES string of the molecule is C.CC/C=C\C/C=C\C/C=C\CCCCCCCC(=O)NCOP([O-])(=S)OC.CCCCCCCCCCCC(=O)NCOP(=O)([S-])OC.COP(=O)([O-])OCNC(=O)CC/C(C)=C/CC/C(C)=C/CC/C=C(\C)CC/C=C(\C)CCC=C(C)C.COP([O-])(=S)OCNC(=O)CC/C(C)=C/CC/C(C)=C/CC/C=C(\C)CC/C=C(\C)CCC=C(C)C. The predicted molar refractivity (Wildman–Crippen MR) is 515 cm³/mol. The van der Waals surface area contributed by atoms with E-state index < -0.39 is 34.8 Å². The lowest BCUT2D eigenvalue weighted by molar-refractivity contribution is -0.223. The zero-order chi connectivity index (χ0) is 91.0. The van der Waals surface area contributed by atoms with E-state index in [0.29, 0.717) is 32.1 Å². The maximum absolute atomic E-state index is 11.8. The molecule has 0 aliphatic heterocycles. The molecule has 4 N–H and O–H groups in total. The van der Waals surface area contributed by atoms with Gasteiger partial charge in [0.25, 0.3) is 7.82 Å². The first-order chi connectivity index (χ1) is 56.9. The average Bonchev–Trinajstić information content (AvgIpc) is 0.957. The van der Waals surface area contributed by atoms with E-state index in [1.165, 1.54) is 129 Å². The van der Waals surface area contributed by atoms with Crippen molar-refractivity contribution in [1.29, 1.82) is 0 Å². The minimum absolute atomic E-state index is 0. The first-order valence-corrected chi connectivity index (χ1v) is 52.6. The van der Waals surface area contributed by atoms with Gasteiger partial charge < -0.3 is 79.9 Å². The van der Waals surface area contributed by atoms with Gasteiger partial charge in [-0.2, -0.15) is 0 Å². The highest BCUT2D eigenvalue weighted by Crippen LogP contribution is 2.44. The fourth-order valence-corrected chi connectivity index (χ4v) is 12.7. The van der Waals surface area contributed by atoms with Gasteiger partial charge in [-0.3, -0.25) is 32.8 Å². The van der Waals surface area contributed by atoms with Crippen molar-refractivity contribution in [1.82, 2.24) is 21.3 Å². The number of amides is 4. The van der Waals surface area contributed by atoms with Crippen LogP contribution in [0.5, 0.6) is 0 Å². The van der Waals surface area contributed by atoms with Crippen LogP contribution in [0.2, 0.25) is 0 Å². The van der Waals surface area contributed by atoms with Crippen LogP contribution < -0.4 is 35.9 Å². The molecule has 0 fully saturated rings. The molecule has 0 saturated carbocycles. The largest absolute Gasteiger partial charge is 0.780 e. The predicted octanol–water partition coefficient (Wildman–Crippen LogP) is 25.6. The Kier molecular flexibility index (Phi) is 88.9. The van der Waals surface area contributed by atoms with Gasteiger partial charge in [0.15, 0.2) is 0 Å². The topological polar surface area (TPSA) is 294 Å². The summed E-state index contributed by atoms with van der Waals surface area (Å²) < 4.78 is 58.8. The van der Waals surface area contributed by atoms with Crippen LogP contribution in [0.25, 0.3) is 0 Å². The molecule has 0 aliphatic carbocycles. The summed E-state index contributed by atoms with van der Waals surface area (Å²) in [6.45, 7) is 19.0. The van der Waals surface area contributed by atoms with Gasteiger partial charge in [-0.1, -0.05) is 268 Å². The second-order valence-corrected chi connectivity index (χ2v) is 40.6. The van der Waals surface area contributed by atoms with Crippen LogP contribution in [-0.2, 0) is 100 Å². The maximum Gasteiger partial charge on any atom is 0.269 e. The summed E-state index contributed by atoms with van der Waals surface area (Å²) in [4.78, 5) is 80.4. The summed E-state index contributed by atoms with van der Waals surface area (Å²) in [6, 6.07) is 0. The van der Waals surface area contributed by atoms with Crippen molar-refractivity contribution in [2.24, 2.45) is 0 Å². The molecule has 4 atom stereocenters. The van der Waals surface area contributed by atoms with Gasteiger partial charge in [0.05, 0.1) is 0 Å². The highest BCUT2D eigenvalue weighted by molar-refractivity contribution is 8.32. The van der Waals surface area contributed by atoms with E-state index in [-0.39, 0.29) is 57.7 Å². The van der Waals surface area contributed by atoms with Crippen LogP contribution in [0.4, 0.5) is 0 Å². The lowest BCUT2D eigenvalue weighted by atomic mass is 10.0. The van der Waals surface area contributed by atoms with Gasteiger partial charge in [0.2, 0.25) is 30.4 Å². The molecule has 0 heterocycles. The zero-order valence-electron chi connectivity index (χ0n) is 77.3. The maximum atomic E-state index is 11.8. The number of phosphoric acid groups is 1. The van der Waals surface area contributed by atoms with Crippen molar-refractivity contribution in [3.8, 4) is 0 Å². The number of nitrogens with one attached hydrogen (secondary N) is 4. The van der Waals surface area contributed by atoms with E-state index in [0.717, 1.165) is 173 Å². The Morgan fingerprint density at radius 3 is 0.901 bits per heavy atom. The number of unbranched alkanes of at least 4 members (excludes halogenated alkanes) is 15. The van der Waals surface area contributed by atoms with Crippen molar-refractivity contribution in [3.05, 3.63) is 153 Å². The average molecular weight is 1830 g/mol. The molecule has 21 nitrogen and oxygen atoms in total. The standard InChI is InChI=1S/C29H50NO5P.C29H50NO4PS.C20H36NO4PS.C14H30NO4PS.CH4/c1-24(2)13-10-16-27(5)19-11-17-25(3)14-8-9-15-26(4)18-12-20-28(6)21-22-29(31)30-23-35-36(32,33)34-7;1-24(2)13-10-16-27(5)19-11-17-25(3)14-8-9-15-26(4)18-12-20-28(6)21-22-29(31)30-23-34-35(32,36)33-7;1-3-4-5-6-7-8-9-10-11-12-13-14-15-16-17-18-20(22)21-19-25-26(23,27)24-2;1-3-4-5-6-7-8-9-10-11-12-14(16)15-13-19-20(17,21)18-2;/h13-15,19-20H,8-12,16-18,21-23H2,1-7H3,(H,30,31)(H,32,33);13-15,19-20H,8-12,16-18,21-23H2,1-7H3,(H,30,31)(H,32,36);4-5,7-8,10-11H,3,6,9,12-19H2,1-2H3,(H,21,22)(H,23,27);3-13H2,1-2H3,(H,15,16)(H,17,21);1H4/p-4/b2*25-14+,26-15+,27-19+,28-20+;5-4-,8-7-,11-10-;;. The Balaban J connectivity index is -0.000000503. The second kappa shape index (κ2) is 85.6. The molecule has 0 aromatic rings. The Morgan fingerprint density at radius 1 is 0.314 bits per heavy atom. The molecule has 0 saturated heterocycles. The van der Waals surface area contributed by atoms with Crippen molar-refractivity contribution >= 4 is 87.5 Å². The summed E-state index contributed by atoms with van der Waals surface area (Å²) in [5.41, 5.74) is 13.8. The zero-order valence-corrected chi connectivity index (χ0v) is 83.3. The van der Waals surface area contributed by atoms with Gasteiger partial charge in [-0.25, -0.2) is 0 Å². The van der Waals surface area contributed by atoms with Gasteiger partial charge in [-0.15, -0.1) is 0 Å². The summed E-state index contributed by atoms with van der Waals surface area (Å²) >= 11 is 13.7. The first-order valence-electron chi connectivity index (χ1n) is 43.5. The minimum Gasteiger partial charge on any atom is -0.780 e. The second-order valence-electron chi connectivity index (χ2n) is 30.5. The highest BCUT2D eigenvalue weighted by atomic mass is 32.7. The van der Waals surface area contributed by atoms with Crippen molar-refractivity contribution in [3.63, 3.8) is 0 Å². The molecule has 0 rings (SSSR count). The molecule has 0 aromatic heterocycles. The smallest absolute Gasteiger partial charge is 0.269 e. The van der Waals surface area contributed by atoms with E-state index >= 15 is 0 Å². The minimum atomic E-state index is -4.31. The number of hydrogen-bond donors (Lipinski definition) is 4. The molecule has 0 aliphatic rings. The quantitative estimate of drug-likeness (QED) is 0.0145. The fourth-order valence-electron chi connectivity index (χ4n) is 11.0. The molecule has 0 radical (unpaired) electrons. The van der Waals surface area contributed by atoms with E-state index in [9.17, 15) is 43.0 Å². The monoisotopic (exact) mass is 1830 g/mol. The molecule has 0 spiro atoms. The van der Waals surface area contributed by atoms with E-state index in [2.05, 4.69) is 260 Å². The third-order valence-electron chi connectivity index (χ3n) is 18.5. The van der Waals surface area contributed by atoms with Crippen LogP contribution in [0, 0.1) is 0 Å². The third kappa shape index (κ3) is 98.2. The van der Waals surface area contributed by atoms with E-state index in [4.69, 9.17) is 13.6 Å². The Hall–Kier alpha value is -3.83. The van der Waals surface area contributed by atoms with Crippen LogP contribution in [-0.4, -0.2) is 79.0 Å². The number of phosphoric ester groups is 1. The number of rotatable bonds is 69. The molecule has 4 amide bonds. The van der Waals surface area contributed by atoms with Crippen LogP contribution in [0.3, 0.4) is 0 Å². The molecule has 121 heavy (non-hydrogen) atoms. The third-order valence-corrected chi connectivity index (χ3v) is 24.4. The molecular formula is C93H166N4O17P4S3-4.